The van der Waals surface area contributed by atoms with Crippen LogP contribution in [0, 0.1) is 0 Å². The highest BCUT2D eigenvalue weighted by atomic mass is 16.6. The Morgan fingerprint density at radius 1 is 0.904 bits per heavy atom. The highest BCUT2D eigenvalue weighted by Gasteiger charge is 2.51. The van der Waals surface area contributed by atoms with Gasteiger partial charge in [0.1, 0.15) is 28.9 Å². The SMILES string of the molecule is CC(C)(C)OC(=O)N(C(=O)OC(C)(C)C)[C@H]1C[C@@H](n2cnc3c(NCC(c4ccccc4)c4ccccc4)nc(C(=O)NCCN)nc32)[C@H](O)[C@@H]1O. The van der Waals surface area contributed by atoms with E-state index in [-0.39, 0.29) is 42.7 Å². The maximum Gasteiger partial charge on any atom is 0.420 e. The first-order valence-corrected chi connectivity index (χ1v) is 17.3. The Morgan fingerprint density at radius 2 is 1.46 bits per heavy atom. The topological polar surface area (TPSA) is 207 Å². The monoisotopic (exact) mass is 716 g/mol. The summed E-state index contributed by atoms with van der Waals surface area (Å²) in [6, 6.07) is 17.7. The molecular weight excluding hydrogens is 668 g/mol. The predicted octanol–water partition coefficient (Wildman–Crippen LogP) is 3.97. The number of carbonyl (C=O) groups excluding carboxylic acids is 3. The molecule has 15 nitrogen and oxygen atoms in total. The van der Waals surface area contributed by atoms with Crippen molar-refractivity contribution in [3.05, 3.63) is 83.9 Å². The van der Waals surface area contributed by atoms with Gasteiger partial charge in [-0.1, -0.05) is 60.7 Å². The van der Waals surface area contributed by atoms with E-state index in [0.717, 1.165) is 11.1 Å². The molecule has 0 aliphatic heterocycles. The van der Waals surface area contributed by atoms with Crippen molar-refractivity contribution in [3.8, 4) is 0 Å². The Hall–Kier alpha value is -5.12. The second-order valence-corrected chi connectivity index (χ2v) is 14.7. The van der Waals surface area contributed by atoms with Crippen LogP contribution in [0.25, 0.3) is 11.2 Å². The Labute approximate surface area is 302 Å². The van der Waals surface area contributed by atoms with Gasteiger partial charge < -0.3 is 40.6 Å². The second-order valence-electron chi connectivity index (χ2n) is 14.7. The molecule has 52 heavy (non-hydrogen) atoms. The number of imidazole rings is 1. The summed E-state index contributed by atoms with van der Waals surface area (Å²) in [6.45, 7) is 10.6. The van der Waals surface area contributed by atoms with Crippen molar-refractivity contribution >= 4 is 35.1 Å². The number of anilines is 1. The lowest BCUT2D eigenvalue weighted by atomic mass is 9.91. The van der Waals surface area contributed by atoms with Crippen LogP contribution in [0.3, 0.4) is 0 Å². The van der Waals surface area contributed by atoms with Gasteiger partial charge in [-0.15, -0.1) is 0 Å². The average molecular weight is 717 g/mol. The van der Waals surface area contributed by atoms with Crippen LogP contribution in [0.5, 0.6) is 0 Å². The number of ether oxygens (including phenoxy) is 2. The number of benzene rings is 2. The minimum Gasteiger partial charge on any atom is -0.443 e. The molecule has 4 aromatic rings. The molecule has 0 unspecified atom stereocenters. The molecule has 0 spiro atoms. The summed E-state index contributed by atoms with van der Waals surface area (Å²) in [5, 5.41) is 28.9. The molecule has 15 heteroatoms. The number of aromatic nitrogens is 4. The fourth-order valence-corrected chi connectivity index (χ4v) is 6.13. The zero-order valence-corrected chi connectivity index (χ0v) is 30.3. The Bertz CT molecular complexity index is 1790. The number of aliphatic hydroxyl groups is 2. The molecule has 0 bridgehead atoms. The molecule has 0 radical (unpaired) electrons. The zero-order valence-electron chi connectivity index (χ0n) is 30.3. The number of amides is 3. The standard InChI is InChI=1S/C37H48N8O7/c1-36(2,3)51-34(49)45(35(50)52-37(4,5)6)26-19-25(28(46)29(26)47)44-21-41-27-30(42-31(43-32(27)44)33(48)39-18-17-38)40-20-24(22-13-9-7-10-14-22)23-15-11-8-12-16-23/h7-16,21,24-26,28-29,46-47H,17-20,38H2,1-6H3,(H,39,48)(H,40,42,43)/t25-,26+,28+,29-/m1/s1. The largest absolute Gasteiger partial charge is 0.443 e. The van der Waals surface area contributed by atoms with Crippen molar-refractivity contribution in [1.29, 1.82) is 0 Å². The summed E-state index contributed by atoms with van der Waals surface area (Å²) in [5.74, 6) is -0.567. The zero-order chi connectivity index (χ0) is 37.8. The van der Waals surface area contributed by atoms with E-state index in [1.54, 1.807) is 41.5 Å². The summed E-state index contributed by atoms with van der Waals surface area (Å²) >= 11 is 0. The predicted molar refractivity (Wildman–Crippen MR) is 194 cm³/mol. The lowest BCUT2D eigenvalue weighted by molar-refractivity contribution is -0.0349. The minimum absolute atomic E-state index is 0.0942. The van der Waals surface area contributed by atoms with E-state index in [4.69, 9.17) is 15.2 Å². The van der Waals surface area contributed by atoms with Crippen molar-refractivity contribution in [2.45, 2.75) is 89.4 Å². The molecule has 1 saturated carbocycles. The fourth-order valence-electron chi connectivity index (χ4n) is 6.13. The molecule has 278 valence electrons. The molecule has 3 amide bonds. The molecule has 2 heterocycles. The van der Waals surface area contributed by atoms with Crippen molar-refractivity contribution in [1.82, 2.24) is 29.7 Å². The number of hydrogen-bond donors (Lipinski definition) is 5. The van der Waals surface area contributed by atoms with Crippen molar-refractivity contribution in [2.24, 2.45) is 5.73 Å². The molecule has 1 aliphatic rings. The first-order valence-electron chi connectivity index (χ1n) is 17.3. The van der Waals surface area contributed by atoms with Crippen molar-refractivity contribution < 1.29 is 34.1 Å². The average Bonchev–Trinajstić information content (AvgIpc) is 3.63. The van der Waals surface area contributed by atoms with Crippen LogP contribution in [-0.2, 0) is 9.47 Å². The molecule has 6 N–H and O–H groups in total. The van der Waals surface area contributed by atoms with Gasteiger partial charge in [0.2, 0.25) is 5.82 Å². The third kappa shape index (κ3) is 8.84. The minimum atomic E-state index is -1.59. The molecule has 1 aliphatic carbocycles. The number of imide groups is 1. The lowest BCUT2D eigenvalue weighted by Gasteiger charge is -2.33. The summed E-state index contributed by atoms with van der Waals surface area (Å²) in [6.07, 6.45) is -3.84. The fraction of sp³-hybridized carbons (Fsp3) is 0.459. The van der Waals surface area contributed by atoms with Crippen LogP contribution in [-0.4, -0.2) is 102 Å². The van der Waals surface area contributed by atoms with Gasteiger partial charge in [-0.2, -0.15) is 0 Å². The summed E-state index contributed by atoms with van der Waals surface area (Å²) in [5.41, 5.74) is 6.30. The van der Waals surface area contributed by atoms with Crippen LogP contribution in [0.15, 0.2) is 67.0 Å². The van der Waals surface area contributed by atoms with E-state index in [9.17, 15) is 24.6 Å². The van der Waals surface area contributed by atoms with Gasteiger partial charge in [0.25, 0.3) is 5.91 Å². The van der Waals surface area contributed by atoms with Gasteiger partial charge in [-0.25, -0.2) is 29.4 Å². The Morgan fingerprint density at radius 3 is 1.98 bits per heavy atom. The highest BCUT2D eigenvalue weighted by Crippen LogP contribution is 2.38. The van der Waals surface area contributed by atoms with Gasteiger partial charge in [0, 0.05) is 25.6 Å². The number of carbonyl (C=O) groups is 3. The Balaban J connectivity index is 1.53. The quantitative estimate of drug-likeness (QED) is 0.158. The van der Waals surface area contributed by atoms with Gasteiger partial charge in [-0.3, -0.25) is 4.79 Å². The maximum atomic E-state index is 13.4. The van der Waals surface area contributed by atoms with Gasteiger partial charge in [-0.05, 0) is 59.1 Å². The maximum absolute atomic E-state index is 13.4. The highest BCUT2D eigenvalue weighted by molar-refractivity contribution is 5.94. The number of nitrogens with zero attached hydrogens (tertiary/aromatic N) is 5. The number of aliphatic hydroxyl groups excluding tert-OH is 2. The first-order chi connectivity index (χ1) is 24.6. The summed E-state index contributed by atoms with van der Waals surface area (Å²) in [4.78, 5) is 54.5. The van der Waals surface area contributed by atoms with Crippen LogP contribution in [0.4, 0.5) is 15.4 Å². The molecule has 4 atom stereocenters. The van der Waals surface area contributed by atoms with Gasteiger partial charge in [0.05, 0.1) is 18.4 Å². The van der Waals surface area contributed by atoms with Gasteiger partial charge >= 0.3 is 12.2 Å². The number of rotatable bonds is 10. The van der Waals surface area contributed by atoms with Crippen LogP contribution in [0.1, 0.15) is 81.7 Å². The van der Waals surface area contributed by atoms with Crippen molar-refractivity contribution in [2.75, 3.05) is 25.0 Å². The smallest absolute Gasteiger partial charge is 0.420 e. The van der Waals surface area contributed by atoms with E-state index in [1.807, 2.05) is 60.7 Å². The molecule has 0 saturated heterocycles. The number of hydrogen-bond acceptors (Lipinski definition) is 12. The van der Waals surface area contributed by atoms with E-state index >= 15 is 0 Å². The van der Waals surface area contributed by atoms with Crippen LogP contribution < -0.4 is 16.4 Å². The molecular formula is C37H48N8O7. The van der Waals surface area contributed by atoms with E-state index in [2.05, 4.69) is 25.6 Å². The third-order valence-electron chi connectivity index (χ3n) is 8.42. The summed E-state index contributed by atoms with van der Waals surface area (Å²) < 4.78 is 12.6. The Kier molecular flexibility index (Phi) is 11.5. The molecule has 5 rings (SSSR count). The molecule has 2 aromatic carbocycles. The first kappa shape index (κ1) is 38.1. The number of fused-ring (bicyclic) bond motifs is 1. The van der Waals surface area contributed by atoms with E-state index in [1.165, 1.54) is 10.9 Å². The van der Waals surface area contributed by atoms with Crippen molar-refractivity contribution in [3.63, 3.8) is 0 Å². The van der Waals surface area contributed by atoms with Crippen LogP contribution in [0.2, 0.25) is 0 Å². The number of nitrogens with two attached hydrogens (primary N) is 1. The molecule has 2 aromatic heterocycles. The second kappa shape index (κ2) is 15.6. The third-order valence-corrected chi connectivity index (χ3v) is 8.42. The van der Waals surface area contributed by atoms with E-state index in [0.29, 0.717) is 17.0 Å². The normalized spacial score (nSPS) is 19.0. The lowest BCUT2D eigenvalue weighted by Crippen LogP contribution is -2.52. The van der Waals surface area contributed by atoms with Gasteiger partial charge in [0.15, 0.2) is 11.5 Å². The van der Waals surface area contributed by atoms with Crippen LogP contribution >= 0.6 is 0 Å². The number of nitrogens with one attached hydrogen (secondary N) is 2. The van der Waals surface area contributed by atoms with E-state index < -0.39 is 53.6 Å². The molecule has 1 fully saturated rings. The summed E-state index contributed by atoms with van der Waals surface area (Å²) in [7, 11) is 0.